The standard InChI is InChI=1S/C22H23NO3/c1-4-16-17-12-8-9-14(2)22(17,3)20(24)18-19(16)26-23-21(18)25-13-15-10-6-5-7-11-15/h5-12,16-17H,4,13H2,1-3H3. The number of carbonyl (C=O) groups excluding carboxylic acids is 1. The van der Waals surface area contributed by atoms with Gasteiger partial charge in [0.2, 0.25) is 0 Å². The van der Waals surface area contributed by atoms with E-state index in [0.29, 0.717) is 23.8 Å². The zero-order chi connectivity index (χ0) is 18.3. The summed E-state index contributed by atoms with van der Waals surface area (Å²) < 4.78 is 11.5. The van der Waals surface area contributed by atoms with Gasteiger partial charge in [0.25, 0.3) is 5.88 Å². The van der Waals surface area contributed by atoms with Crippen LogP contribution in [0, 0.1) is 11.3 Å². The molecule has 4 rings (SSSR count). The molecule has 3 unspecified atom stereocenters. The highest BCUT2D eigenvalue weighted by molar-refractivity contribution is 6.06. The summed E-state index contributed by atoms with van der Waals surface area (Å²) in [5.41, 5.74) is 2.06. The van der Waals surface area contributed by atoms with Crippen molar-refractivity contribution < 1.29 is 14.1 Å². The third-order valence-electron chi connectivity index (χ3n) is 5.96. The minimum absolute atomic E-state index is 0.0459. The zero-order valence-electron chi connectivity index (χ0n) is 15.4. The van der Waals surface area contributed by atoms with Gasteiger partial charge in [-0.25, -0.2) is 0 Å². The Labute approximate surface area is 153 Å². The van der Waals surface area contributed by atoms with Gasteiger partial charge in [0.15, 0.2) is 11.5 Å². The fourth-order valence-electron chi connectivity index (χ4n) is 4.25. The zero-order valence-corrected chi connectivity index (χ0v) is 15.4. The summed E-state index contributed by atoms with van der Waals surface area (Å²) >= 11 is 0. The largest absolute Gasteiger partial charge is 0.470 e. The fourth-order valence-corrected chi connectivity index (χ4v) is 4.25. The van der Waals surface area contributed by atoms with Gasteiger partial charge in [-0.3, -0.25) is 4.79 Å². The van der Waals surface area contributed by atoms with E-state index in [1.807, 2.05) is 56.3 Å². The third kappa shape index (κ3) is 2.36. The van der Waals surface area contributed by atoms with E-state index >= 15 is 0 Å². The molecule has 0 radical (unpaired) electrons. The number of fused-ring (bicyclic) bond motifs is 2. The van der Waals surface area contributed by atoms with Gasteiger partial charge in [-0.2, -0.15) is 0 Å². The molecule has 0 bridgehead atoms. The summed E-state index contributed by atoms with van der Waals surface area (Å²) in [4.78, 5) is 13.5. The van der Waals surface area contributed by atoms with Gasteiger partial charge in [-0.15, -0.1) is 0 Å². The van der Waals surface area contributed by atoms with Gasteiger partial charge < -0.3 is 9.26 Å². The molecule has 0 saturated heterocycles. The summed E-state index contributed by atoms with van der Waals surface area (Å²) in [7, 11) is 0. The van der Waals surface area contributed by atoms with Crippen LogP contribution in [0.15, 0.2) is 58.7 Å². The molecular formula is C22H23NO3. The average Bonchev–Trinajstić information content (AvgIpc) is 3.08. The van der Waals surface area contributed by atoms with Crippen molar-refractivity contribution in [1.82, 2.24) is 5.16 Å². The van der Waals surface area contributed by atoms with Crippen molar-refractivity contribution in [3.63, 3.8) is 0 Å². The van der Waals surface area contributed by atoms with Crippen LogP contribution in [-0.2, 0) is 6.61 Å². The first-order chi connectivity index (χ1) is 12.6. The van der Waals surface area contributed by atoms with Crippen molar-refractivity contribution in [2.45, 2.75) is 39.7 Å². The highest BCUT2D eigenvalue weighted by Gasteiger charge is 2.54. The van der Waals surface area contributed by atoms with E-state index in [1.165, 1.54) is 0 Å². The molecule has 0 fully saturated rings. The first-order valence-corrected chi connectivity index (χ1v) is 9.14. The molecule has 4 nitrogen and oxygen atoms in total. The molecular weight excluding hydrogens is 326 g/mol. The summed E-state index contributed by atoms with van der Waals surface area (Å²) in [6.07, 6.45) is 7.09. The number of hydrogen-bond donors (Lipinski definition) is 0. The minimum atomic E-state index is -0.571. The van der Waals surface area contributed by atoms with Crippen LogP contribution in [0.4, 0.5) is 0 Å². The molecule has 3 atom stereocenters. The second-order valence-electron chi connectivity index (χ2n) is 7.31. The predicted octanol–water partition coefficient (Wildman–Crippen LogP) is 5.08. The molecule has 134 valence electrons. The molecule has 0 saturated carbocycles. The second-order valence-corrected chi connectivity index (χ2v) is 7.31. The number of nitrogens with zero attached hydrogens (tertiary/aromatic N) is 1. The molecule has 1 aromatic carbocycles. The quantitative estimate of drug-likeness (QED) is 0.772. The number of ether oxygens (including phenoxy) is 1. The van der Waals surface area contributed by atoms with Crippen molar-refractivity contribution in [1.29, 1.82) is 0 Å². The molecule has 0 spiro atoms. The highest BCUT2D eigenvalue weighted by Crippen LogP contribution is 2.55. The van der Waals surface area contributed by atoms with Crippen LogP contribution in [0.2, 0.25) is 0 Å². The lowest BCUT2D eigenvalue weighted by atomic mass is 9.57. The molecule has 1 heterocycles. The molecule has 2 aliphatic rings. The number of hydrogen-bond acceptors (Lipinski definition) is 4. The predicted molar refractivity (Wildman–Crippen MR) is 99.1 cm³/mol. The number of benzene rings is 1. The minimum Gasteiger partial charge on any atom is -0.470 e. The van der Waals surface area contributed by atoms with Gasteiger partial charge in [-0.1, -0.05) is 61.1 Å². The lowest BCUT2D eigenvalue weighted by Crippen LogP contribution is -2.44. The first kappa shape index (κ1) is 16.8. The molecule has 1 aromatic heterocycles. The van der Waals surface area contributed by atoms with Crippen molar-refractivity contribution in [2.75, 3.05) is 0 Å². The van der Waals surface area contributed by atoms with E-state index in [1.54, 1.807) is 0 Å². The van der Waals surface area contributed by atoms with Crippen LogP contribution >= 0.6 is 0 Å². The Hall–Kier alpha value is -2.62. The summed E-state index contributed by atoms with van der Waals surface area (Å²) in [6.45, 7) is 6.55. The Morgan fingerprint density at radius 2 is 2.04 bits per heavy atom. The van der Waals surface area contributed by atoms with E-state index in [2.05, 4.69) is 18.2 Å². The van der Waals surface area contributed by atoms with E-state index < -0.39 is 5.41 Å². The Morgan fingerprint density at radius 3 is 2.77 bits per heavy atom. The number of ketones is 1. The van der Waals surface area contributed by atoms with Gasteiger partial charge in [0.05, 0.1) is 5.41 Å². The van der Waals surface area contributed by atoms with Crippen LogP contribution < -0.4 is 4.74 Å². The van der Waals surface area contributed by atoms with E-state index in [9.17, 15) is 4.79 Å². The Bertz CT molecular complexity index is 893. The van der Waals surface area contributed by atoms with Gasteiger partial charge in [0, 0.05) is 11.8 Å². The molecule has 0 N–H and O–H groups in total. The first-order valence-electron chi connectivity index (χ1n) is 9.14. The summed E-state index contributed by atoms with van der Waals surface area (Å²) in [5.74, 6) is 1.24. The SMILES string of the molecule is CCC1c2onc(OCc3ccccc3)c2C(=O)C2(C)C(C)=CC=CC12. The number of rotatable bonds is 4. The third-order valence-corrected chi connectivity index (χ3v) is 5.96. The van der Waals surface area contributed by atoms with E-state index in [-0.39, 0.29) is 17.6 Å². The lowest BCUT2D eigenvalue weighted by molar-refractivity contribution is 0.0730. The number of aromatic nitrogens is 1. The van der Waals surface area contributed by atoms with Gasteiger partial charge in [-0.05, 0) is 31.0 Å². The van der Waals surface area contributed by atoms with E-state index in [4.69, 9.17) is 9.26 Å². The van der Waals surface area contributed by atoms with E-state index in [0.717, 1.165) is 17.6 Å². The number of carbonyl (C=O) groups is 1. The van der Waals surface area contributed by atoms with Crippen molar-refractivity contribution in [3.05, 3.63) is 71.0 Å². The maximum atomic E-state index is 13.5. The monoisotopic (exact) mass is 349 g/mol. The number of Topliss-reactive ketones (excluding diaryl/α,β-unsaturated/α-hetero) is 1. The van der Waals surface area contributed by atoms with Crippen LogP contribution in [0.5, 0.6) is 5.88 Å². The number of allylic oxidation sites excluding steroid dienone is 4. The van der Waals surface area contributed by atoms with Crippen LogP contribution in [0.3, 0.4) is 0 Å². The van der Waals surface area contributed by atoms with Gasteiger partial charge in [0.1, 0.15) is 12.2 Å². The second kappa shape index (κ2) is 6.27. The van der Waals surface area contributed by atoms with Crippen LogP contribution in [-0.4, -0.2) is 10.9 Å². The Morgan fingerprint density at radius 1 is 1.27 bits per heavy atom. The highest BCUT2D eigenvalue weighted by atomic mass is 16.5. The van der Waals surface area contributed by atoms with Crippen molar-refractivity contribution in [2.24, 2.45) is 11.3 Å². The molecule has 0 aliphatic heterocycles. The Balaban J connectivity index is 1.73. The van der Waals surface area contributed by atoms with Crippen LogP contribution in [0.1, 0.15) is 54.8 Å². The summed E-state index contributed by atoms with van der Waals surface area (Å²) in [5, 5.41) is 4.11. The molecule has 2 aliphatic carbocycles. The fraction of sp³-hybridized carbons (Fsp3) is 0.364. The molecule has 4 heteroatoms. The lowest BCUT2D eigenvalue weighted by Gasteiger charge is -2.44. The maximum Gasteiger partial charge on any atom is 0.265 e. The average molecular weight is 349 g/mol. The van der Waals surface area contributed by atoms with Crippen molar-refractivity contribution in [3.8, 4) is 5.88 Å². The molecule has 0 amide bonds. The Kier molecular flexibility index (Phi) is 4.06. The summed E-state index contributed by atoms with van der Waals surface area (Å²) in [6, 6.07) is 9.86. The normalized spacial score (nSPS) is 26.9. The maximum absolute atomic E-state index is 13.5. The molecule has 26 heavy (non-hydrogen) atoms. The van der Waals surface area contributed by atoms with Crippen LogP contribution in [0.25, 0.3) is 0 Å². The smallest absolute Gasteiger partial charge is 0.265 e. The van der Waals surface area contributed by atoms with Crippen molar-refractivity contribution >= 4 is 5.78 Å². The topological polar surface area (TPSA) is 52.3 Å². The molecule has 2 aromatic rings. The van der Waals surface area contributed by atoms with Gasteiger partial charge >= 0.3 is 0 Å².